The highest BCUT2D eigenvalue weighted by Crippen LogP contribution is 2.55. The van der Waals surface area contributed by atoms with Gasteiger partial charge in [-0.3, -0.25) is 4.79 Å². The fourth-order valence-corrected chi connectivity index (χ4v) is 1.99. The van der Waals surface area contributed by atoms with Crippen molar-refractivity contribution in [3.8, 4) is 0 Å². The maximum absolute atomic E-state index is 10.9. The Labute approximate surface area is 82.5 Å². The summed E-state index contributed by atoms with van der Waals surface area (Å²) in [6.07, 6.45) is 0.513. The maximum Gasteiger partial charge on any atom is 0.324 e. The quantitative estimate of drug-likeness (QED) is 0.736. The molecule has 0 bridgehead atoms. The molecule has 1 aromatic carbocycles. The monoisotopic (exact) mass is 191 g/mol. The topological polar surface area (TPSA) is 63.3 Å². The van der Waals surface area contributed by atoms with Crippen molar-refractivity contribution in [2.24, 2.45) is 5.73 Å². The molecule has 2 rings (SSSR count). The summed E-state index contributed by atoms with van der Waals surface area (Å²) < 4.78 is 0. The number of carboxylic acid groups (broad SMARTS) is 1. The summed E-state index contributed by atoms with van der Waals surface area (Å²) in [6, 6.07) is 9.58. The van der Waals surface area contributed by atoms with E-state index in [0.717, 1.165) is 5.56 Å². The highest BCUT2D eigenvalue weighted by molar-refractivity contribution is 5.86. The van der Waals surface area contributed by atoms with E-state index in [2.05, 4.69) is 0 Å². The van der Waals surface area contributed by atoms with Gasteiger partial charge in [-0.15, -0.1) is 0 Å². The summed E-state index contributed by atoms with van der Waals surface area (Å²) in [7, 11) is 0. The Hall–Kier alpha value is -1.35. The van der Waals surface area contributed by atoms with Crippen LogP contribution in [0.1, 0.15) is 18.9 Å². The van der Waals surface area contributed by atoms with E-state index >= 15 is 0 Å². The third kappa shape index (κ3) is 0.990. The molecule has 1 aliphatic rings. The van der Waals surface area contributed by atoms with E-state index in [1.54, 1.807) is 0 Å². The van der Waals surface area contributed by atoms with Gasteiger partial charge >= 0.3 is 5.97 Å². The molecule has 3 heteroatoms. The Bertz CT molecular complexity index is 376. The first-order valence-electron chi connectivity index (χ1n) is 4.58. The van der Waals surface area contributed by atoms with Crippen LogP contribution >= 0.6 is 0 Å². The lowest BCUT2D eigenvalue weighted by Gasteiger charge is -2.14. The molecule has 74 valence electrons. The molecule has 2 atom stereocenters. The first-order chi connectivity index (χ1) is 6.51. The summed E-state index contributed by atoms with van der Waals surface area (Å²) in [6.45, 7) is 1.90. The first kappa shape index (κ1) is 9.21. The van der Waals surface area contributed by atoms with Crippen LogP contribution in [0.3, 0.4) is 0 Å². The minimum absolute atomic E-state index is 0.403. The number of carboxylic acids is 1. The molecule has 0 spiro atoms. The van der Waals surface area contributed by atoms with Crippen molar-refractivity contribution in [2.45, 2.75) is 24.3 Å². The van der Waals surface area contributed by atoms with Gasteiger partial charge in [-0.05, 0) is 12.0 Å². The zero-order valence-corrected chi connectivity index (χ0v) is 8.03. The van der Waals surface area contributed by atoms with E-state index in [0.29, 0.717) is 6.42 Å². The Morgan fingerprint density at radius 1 is 1.43 bits per heavy atom. The maximum atomic E-state index is 10.9. The summed E-state index contributed by atoms with van der Waals surface area (Å²) >= 11 is 0. The van der Waals surface area contributed by atoms with E-state index in [1.165, 1.54) is 0 Å². The molecular formula is C11H13NO2. The van der Waals surface area contributed by atoms with Gasteiger partial charge in [0.25, 0.3) is 0 Å². The minimum Gasteiger partial charge on any atom is -0.480 e. The smallest absolute Gasteiger partial charge is 0.324 e. The number of carbonyl (C=O) groups is 1. The predicted octanol–water partition coefficient (Wildman–Crippen LogP) is 1.13. The number of aliphatic carboxylic acids is 1. The molecule has 1 aromatic rings. The number of nitrogens with two attached hydrogens (primary N) is 1. The standard InChI is InChI=1S/C11H13NO2/c1-10(7-11(10,12)9(13)14)8-5-3-2-4-6-8/h2-6H,7,12H2,1H3,(H,13,14). The normalized spacial score (nSPS) is 35.3. The van der Waals surface area contributed by atoms with E-state index in [9.17, 15) is 4.79 Å². The molecule has 0 heterocycles. The van der Waals surface area contributed by atoms with Gasteiger partial charge in [-0.1, -0.05) is 37.3 Å². The number of benzene rings is 1. The third-order valence-electron chi connectivity index (χ3n) is 3.28. The SMILES string of the molecule is CC1(c2ccccc2)CC1(N)C(=O)O. The van der Waals surface area contributed by atoms with Crippen LogP contribution in [0.4, 0.5) is 0 Å². The second kappa shape index (κ2) is 2.58. The van der Waals surface area contributed by atoms with Gasteiger partial charge < -0.3 is 10.8 Å². The number of rotatable bonds is 2. The highest BCUT2D eigenvalue weighted by Gasteiger charge is 2.68. The van der Waals surface area contributed by atoms with Crippen molar-refractivity contribution in [2.75, 3.05) is 0 Å². The van der Waals surface area contributed by atoms with Crippen LogP contribution < -0.4 is 5.73 Å². The van der Waals surface area contributed by atoms with Crippen molar-refractivity contribution in [3.63, 3.8) is 0 Å². The van der Waals surface area contributed by atoms with E-state index in [-0.39, 0.29) is 0 Å². The van der Waals surface area contributed by atoms with Crippen LogP contribution in [0.25, 0.3) is 0 Å². The van der Waals surface area contributed by atoms with Crippen LogP contribution in [0.2, 0.25) is 0 Å². The number of hydrogen-bond donors (Lipinski definition) is 2. The Kier molecular flexibility index (Phi) is 1.70. The second-order valence-corrected chi connectivity index (χ2v) is 4.15. The van der Waals surface area contributed by atoms with Crippen LogP contribution in [-0.4, -0.2) is 16.6 Å². The van der Waals surface area contributed by atoms with Gasteiger partial charge in [0, 0.05) is 5.41 Å². The Morgan fingerprint density at radius 3 is 2.43 bits per heavy atom. The lowest BCUT2D eigenvalue weighted by molar-refractivity contribution is -0.140. The first-order valence-corrected chi connectivity index (χ1v) is 4.58. The number of hydrogen-bond acceptors (Lipinski definition) is 2. The average molecular weight is 191 g/mol. The molecule has 14 heavy (non-hydrogen) atoms. The van der Waals surface area contributed by atoms with Crippen molar-refractivity contribution in [1.29, 1.82) is 0 Å². The molecule has 0 radical (unpaired) electrons. The molecule has 1 fully saturated rings. The van der Waals surface area contributed by atoms with Crippen LogP contribution in [-0.2, 0) is 10.2 Å². The van der Waals surface area contributed by atoms with Crippen LogP contribution in [0.5, 0.6) is 0 Å². The van der Waals surface area contributed by atoms with Gasteiger partial charge in [0.05, 0.1) is 0 Å². The van der Waals surface area contributed by atoms with Gasteiger partial charge in [0.15, 0.2) is 0 Å². The van der Waals surface area contributed by atoms with Gasteiger partial charge in [-0.2, -0.15) is 0 Å². The van der Waals surface area contributed by atoms with Crippen molar-refractivity contribution >= 4 is 5.97 Å². The van der Waals surface area contributed by atoms with Crippen LogP contribution in [0, 0.1) is 0 Å². The molecule has 0 aromatic heterocycles. The predicted molar refractivity (Wildman–Crippen MR) is 53.0 cm³/mol. The molecule has 1 aliphatic carbocycles. The Balaban J connectivity index is 2.36. The van der Waals surface area contributed by atoms with Crippen LogP contribution in [0.15, 0.2) is 30.3 Å². The van der Waals surface area contributed by atoms with E-state index in [1.807, 2.05) is 37.3 Å². The summed E-state index contributed by atoms with van der Waals surface area (Å²) in [5.74, 6) is -0.913. The van der Waals surface area contributed by atoms with E-state index < -0.39 is 16.9 Å². The average Bonchev–Trinajstić information content (AvgIpc) is 2.74. The van der Waals surface area contributed by atoms with Crippen molar-refractivity contribution in [1.82, 2.24) is 0 Å². The van der Waals surface area contributed by atoms with Gasteiger partial charge in [0.1, 0.15) is 5.54 Å². The van der Waals surface area contributed by atoms with E-state index in [4.69, 9.17) is 10.8 Å². The summed E-state index contributed by atoms with van der Waals surface area (Å²) in [4.78, 5) is 10.9. The minimum atomic E-state index is -1.08. The fourth-order valence-electron chi connectivity index (χ4n) is 1.99. The second-order valence-electron chi connectivity index (χ2n) is 4.15. The van der Waals surface area contributed by atoms with Gasteiger partial charge in [0.2, 0.25) is 0 Å². The lowest BCUT2D eigenvalue weighted by Crippen LogP contribution is -2.40. The third-order valence-corrected chi connectivity index (χ3v) is 3.28. The fraction of sp³-hybridized carbons (Fsp3) is 0.364. The Morgan fingerprint density at radius 2 is 2.00 bits per heavy atom. The molecule has 3 N–H and O–H groups in total. The largest absolute Gasteiger partial charge is 0.480 e. The van der Waals surface area contributed by atoms with Gasteiger partial charge in [-0.25, -0.2) is 0 Å². The molecule has 3 nitrogen and oxygen atoms in total. The zero-order chi connectivity index (χ0) is 10.4. The highest BCUT2D eigenvalue weighted by atomic mass is 16.4. The molecule has 0 saturated heterocycles. The molecule has 0 aliphatic heterocycles. The lowest BCUT2D eigenvalue weighted by atomic mass is 9.93. The molecule has 2 unspecified atom stereocenters. The zero-order valence-electron chi connectivity index (χ0n) is 8.03. The van der Waals surface area contributed by atoms with Crippen molar-refractivity contribution < 1.29 is 9.90 Å². The van der Waals surface area contributed by atoms with Crippen molar-refractivity contribution in [3.05, 3.63) is 35.9 Å². The molecular weight excluding hydrogens is 178 g/mol. The molecule has 1 saturated carbocycles. The molecule has 0 amide bonds. The summed E-state index contributed by atoms with van der Waals surface area (Å²) in [5, 5.41) is 8.98. The summed E-state index contributed by atoms with van der Waals surface area (Å²) in [5.41, 5.74) is 5.33.